The van der Waals surface area contributed by atoms with Gasteiger partial charge in [0.05, 0.1) is 6.61 Å². The van der Waals surface area contributed by atoms with Gasteiger partial charge in [0.25, 0.3) is 0 Å². The maximum Gasteiger partial charge on any atom is 0.355 e. The van der Waals surface area contributed by atoms with Crippen LogP contribution < -0.4 is 5.32 Å². The number of carbonyl (C=O) groups is 2. The summed E-state index contributed by atoms with van der Waals surface area (Å²) in [6.45, 7) is 5.41. The summed E-state index contributed by atoms with van der Waals surface area (Å²) in [5.41, 5.74) is 2.82. The molecule has 0 bridgehead atoms. The minimum atomic E-state index is -0.364. The van der Waals surface area contributed by atoms with Crippen LogP contribution in [0.25, 0.3) is 10.9 Å². The second-order valence-electron chi connectivity index (χ2n) is 4.29. The van der Waals surface area contributed by atoms with Gasteiger partial charge < -0.3 is 15.0 Å². The SMILES string of the molecule is CCOC(=O)c1[nH]c2ccc(NC(C)=O)cc2c1C. The molecule has 1 aromatic carbocycles. The van der Waals surface area contributed by atoms with E-state index in [2.05, 4.69) is 10.3 Å². The molecular weight excluding hydrogens is 244 g/mol. The van der Waals surface area contributed by atoms with Gasteiger partial charge in [0, 0.05) is 23.5 Å². The number of hydrogen-bond donors (Lipinski definition) is 2. The number of aromatic amines is 1. The molecular formula is C14H16N2O3. The van der Waals surface area contributed by atoms with Gasteiger partial charge in [-0.1, -0.05) is 0 Å². The number of fused-ring (bicyclic) bond motifs is 1. The van der Waals surface area contributed by atoms with Gasteiger partial charge in [-0.3, -0.25) is 4.79 Å². The van der Waals surface area contributed by atoms with Crippen molar-refractivity contribution in [1.29, 1.82) is 0 Å². The Labute approximate surface area is 110 Å². The lowest BCUT2D eigenvalue weighted by Crippen LogP contribution is -2.06. The summed E-state index contributed by atoms with van der Waals surface area (Å²) >= 11 is 0. The molecule has 0 aliphatic rings. The fraction of sp³-hybridized carbons (Fsp3) is 0.286. The highest BCUT2D eigenvalue weighted by Gasteiger charge is 2.15. The molecule has 0 radical (unpaired) electrons. The summed E-state index contributed by atoms with van der Waals surface area (Å²) in [7, 11) is 0. The Kier molecular flexibility index (Phi) is 3.55. The zero-order valence-corrected chi connectivity index (χ0v) is 11.2. The molecule has 5 nitrogen and oxygen atoms in total. The molecule has 0 aliphatic heterocycles. The van der Waals surface area contributed by atoms with Gasteiger partial charge in [0.1, 0.15) is 5.69 Å². The number of rotatable bonds is 3. The molecule has 1 aromatic heterocycles. The van der Waals surface area contributed by atoms with E-state index in [9.17, 15) is 9.59 Å². The Morgan fingerprint density at radius 1 is 1.37 bits per heavy atom. The van der Waals surface area contributed by atoms with Crippen LogP contribution in [-0.2, 0) is 9.53 Å². The maximum atomic E-state index is 11.8. The molecule has 0 unspecified atom stereocenters. The van der Waals surface area contributed by atoms with Gasteiger partial charge in [-0.25, -0.2) is 4.79 Å². The van der Waals surface area contributed by atoms with Crippen molar-refractivity contribution in [3.63, 3.8) is 0 Å². The third kappa shape index (κ3) is 2.59. The number of aryl methyl sites for hydroxylation is 1. The quantitative estimate of drug-likeness (QED) is 0.833. The third-order valence-electron chi connectivity index (χ3n) is 2.86. The van der Waals surface area contributed by atoms with Crippen molar-refractivity contribution in [3.05, 3.63) is 29.5 Å². The fourth-order valence-corrected chi connectivity index (χ4v) is 2.02. The van der Waals surface area contributed by atoms with Crippen LogP contribution in [0.15, 0.2) is 18.2 Å². The van der Waals surface area contributed by atoms with Gasteiger partial charge in [0.15, 0.2) is 0 Å². The highest BCUT2D eigenvalue weighted by molar-refractivity contribution is 6.00. The highest BCUT2D eigenvalue weighted by atomic mass is 16.5. The molecule has 2 rings (SSSR count). The van der Waals surface area contributed by atoms with Crippen LogP contribution in [0.2, 0.25) is 0 Å². The van der Waals surface area contributed by atoms with Gasteiger partial charge in [-0.2, -0.15) is 0 Å². The number of anilines is 1. The van der Waals surface area contributed by atoms with Crippen LogP contribution in [-0.4, -0.2) is 23.5 Å². The summed E-state index contributed by atoms with van der Waals surface area (Å²) in [6, 6.07) is 5.45. The second kappa shape index (κ2) is 5.14. The Hall–Kier alpha value is -2.30. The predicted octanol–water partition coefficient (Wildman–Crippen LogP) is 2.61. The van der Waals surface area contributed by atoms with Gasteiger partial charge in [0.2, 0.25) is 5.91 Å². The number of H-pyrrole nitrogens is 1. The van der Waals surface area contributed by atoms with E-state index in [1.807, 2.05) is 19.1 Å². The standard InChI is InChI=1S/C14H16N2O3/c1-4-19-14(18)13-8(2)11-7-10(15-9(3)17)5-6-12(11)16-13/h5-7,16H,4H2,1-3H3,(H,15,17). The van der Waals surface area contributed by atoms with Crippen molar-refractivity contribution in [1.82, 2.24) is 4.98 Å². The lowest BCUT2D eigenvalue weighted by Gasteiger charge is -2.02. The Bertz CT molecular complexity index is 643. The number of amides is 1. The first-order valence-corrected chi connectivity index (χ1v) is 6.10. The zero-order chi connectivity index (χ0) is 14.0. The molecule has 2 aromatic rings. The van der Waals surface area contributed by atoms with Crippen molar-refractivity contribution in [2.45, 2.75) is 20.8 Å². The summed E-state index contributed by atoms with van der Waals surface area (Å²) < 4.78 is 4.99. The van der Waals surface area contributed by atoms with Gasteiger partial charge >= 0.3 is 5.97 Å². The monoisotopic (exact) mass is 260 g/mol. The van der Waals surface area contributed by atoms with Crippen LogP contribution in [0.4, 0.5) is 5.69 Å². The van der Waals surface area contributed by atoms with E-state index in [1.165, 1.54) is 6.92 Å². The molecule has 5 heteroatoms. The average molecular weight is 260 g/mol. The van der Waals surface area contributed by atoms with Crippen LogP contribution >= 0.6 is 0 Å². The molecule has 0 saturated heterocycles. The van der Waals surface area contributed by atoms with Gasteiger partial charge in [-0.15, -0.1) is 0 Å². The molecule has 19 heavy (non-hydrogen) atoms. The first kappa shape index (κ1) is 13.1. The normalized spacial score (nSPS) is 10.5. The summed E-state index contributed by atoms with van der Waals surface area (Å²) in [4.78, 5) is 25.9. The van der Waals surface area contributed by atoms with E-state index in [4.69, 9.17) is 4.74 Å². The first-order valence-electron chi connectivity index (χ1n) is 6.10. The smallest absolute Gasteiger partial charge is 0.355 e. The Morgan fingerprint density at radius 2 is 2.11 bits per heavy atom. The molecule has 2 N–H and O–H groups in total. The largest absolute Gasteiger partial charge is 0.461 e. The zero-order valence-electron chi connectivity index (χ0n) is 11.2. The van der Waals surface area contributed by atoms with E-state index in [0.717, 1.165) is 16.5 Å². The van der Waals surface area contributed by atoms with E-state index in [-0.39, 0.29) is 11.9 Å². The van der Waals surface area contributed by atoms with E-state index >= 15 is 0 Å². The predicted molar refractivity (Wildman–Crippen MR) is 73.3 cm³/mol. The number of esters is 1. The summed E-state index contributed by atoms with van der Waals surface area (Å²) in [5.74, 6) is -0.490. The van der Waals surface area contributed by atoms with Crippen LogP contribution in [0.1, 0.15) is 29.9 Å². The lowest BCUT2D eigenvalue weighted by atomic mass is 10.1. The van der Waals surface area contributed by atoms with Crippen molar-refractivity contribution in [2.24, 2.45) is 0 Å². The van der Waals surface area contributed by atoms with E-state index < -0.39 is 0 Å². The first-order chi connectivity index (χ1) is 9.02. The number of carbonyl (C=O) groups excluding carboxylic acids is 2. The van der Waals surface area contributed by atoms with Crippen molar-refractivity contribution < 1.29 is 14.3 Å². The minimum Gasteiger partial charge on any atom is -0.461 e. The number of benzene rings is 1. The minimum absolute atomic E-state index is 0.127. The molecule has 0 saturated carbocycles. The molecule has 0 spiro atoms. The van der Waals surface area contributed by atoms with Gasteiger partial charge in [-0.05, 0) is 37.6 Å². The fourth-order valence-electron chi connectivity index (χ4n) is 2.02. The third-order valence-corrected chi connectivity index (χ3v) is 2.86. The summed E-state index contributed by atoms with van der Waals surface area (Å²) in [6.07, 6.45) is 0. The van der Waals surface area contributed by atoms with Crippen molar-refractivity contribution in [2.75, 3.05) is 11.9 Å². The van der Waals surface area contributed by atoms with E-state index in [0.29, 0.717) is 18.0 Å². The average Bonchev–Trinajstić information content (AvgIpc) is 2.67. The Morgan fingerprint density at radius 3 is 2.74 bits per heavy atom. The number of ether oxygens (including phenoxy) is 1. The number of aromatic nitrogens is 1. The van der Waals surface area contributed by atoms with Crippen LogP contribution in [0.5, 0.6) is 0 Å². The molecule has 0 atom stereocenters. The molecule has 100 valence electrons. The maximum absolute atomic E-state index is 11.8. The molecule has 1 heterocycles. The second-order valence-corrected chi connectivity index (χ2v) is 4.29. The molecule has 0 aliphatic carbocycles. The number of nitrogens with one attached hydrogen (secondary N) is 2. The van der Waals surface area contributed by atoms with E-state index in [1.54, 1.807) is 13.0 Å². The molecule has 0 fully saturated rings. The van der Waals surface area contributed by atoms with Crippen molar-refractivity contribution in [3.8, 4) is 0 Å². The Balaban J connectivity index is 2.46. The highest BCUT2D eigenvalue weighted by Crippen LogP contribution is 2.25. The molecule has 1 amide bonds. The summed E-state index contributed by atoms with van der Waals surface area (Å²) in [5, 5.41) is 3.62. The topological polar surface area (TPSA) is 71.2 Å². The van der Waals surface area contributed by atoms with Crippen LogP contribution in [0.3, 0.4) is 0 Å². The van der Waals surface area contributed by atoms with Crippen molar-refractivity contribution >= 4 is 28.5 Å². The number of hydrogen-bond acceptors (Lipinski definition) is 3. The lowest BCUT2D eigenvalue weighted by molar-refractivity contribution is -0.114. The van der Waals surface area contributed by atoms with Crippen LogP contribution in [0, 0.1) is 6.92 Å².